The molecule has 0 aromatic heterocycles. The second-order valence-corrected chi connectivity index (χ2v) is 13.1. The highest BCUT2D eigenvalue weighted by atomic mass is 19.4. The number of alkyl halides is 6. The molecule has 3 amide bonds. The van der Waals surface area contributed by atoms with E-state index in [9.17, 15) is 41.0 Å². The number of hydrogen-bond donors (Lipinski definition) is 2. The van der Waals surface area contributed by atoms with Crippen molar-refractivity contribution in [2.24, 2.45) is 0 Å². The number of amides is 3. The number of halogens is 6. The number of ether oxygens (including phenoxy) is 3. The summed E-state index contributed by atoms with van der Waals surface area (Å²) in [7, 11) is 0. The average Bonchev–Trinajstić information content (AvgIpc) is 3.60. The zero-order chi connectivity index (χ0) is 36.7. The van der Waals surface area contributed by atoms with Crippen LogP contribution in [0, 0.1) is 0 Å². The maximum absolute atomic E-state index is 13.6. The Morgan fingerprint density at radius 2 is 1.36 bits per heavy atom. The number of carbonyl (C=O) groups is 2. The molecule has 2 aromatic rings. The SMILES string of the molecule is CCCc1cc(C(O)(C(F)(F)F)C(F)(F)F)cc(CCC)c1OCCCCCCCCCCN1C(=O)NC(C)(c2ccc3c(c2)OCO3)C1=O. The van der Waals surface area contributed by atoms with Gasteiger partial charge in [0.1, 0.15) is 11.3 Å². The Morgan fingerprint density at radius 1 is 0.820 bits per heavy atom. The van der Waals surface area contributed by atoms with Crippen molar-refractivity contribution in [3.8, 4) is 17.2 Å². The number of benzene rings is 2. The van der Waals surface area contributed by atoms with Gasteiger partial charge in [0.05, 0.1) is 6.61 Å². The Hall–Kier alpha value is -3.68. The molecular formula is C36H46F6N2O6. The minimum atomic E-state index is -5.96. The molecule has 14 heteroatoms. The number of aryl methyl sites for hydroxylation is 2. The third-order valence-corrected chi connectivity index (χ3v) is 9.27. The molecule has 0 radical (unpaired) electrons. The van der Waals surface area contributed by atoms with Gasteiger partial charge in [0.25, 0.3) is 11.5 Å². The monoisotopic (exact) mass is 716 g/mol. The number of unbranched alkanes of at least 4 members (excludes halogenated alkanes) is 7. The molecule has 1 unspecified atom stereocenters. The number of imide groups is 1. The molecule has 4 rings (SSSR count). The van der Waals surface area contributed by atoms with Gasteiger partial charge in [0.15, 0.2) is 11.5 Å². The molecule has 0 spiro atoms. The summed E-state index contributed by atoms with van der Waals surface area (Å²) in [6.45, 7) is 5.88. The standard InChI is InChI=1S/C36H46F6N2O6/c1-4-14-24-20-27(34(47,35(37,38)39)36(40,41)42)21-25(15-5-2)30(24)48-19-13-11-9-7-6-8-10-12-18-44-31(45)33(3,43-32(44)46)26-16-17-28-29(22-26)50-23-49-28/h16-17,20-22,47H,4-15,18-19,23H2,1-3H3,(H,43,46). The zero-order valence-corrected chi connectivity index (χ0v) is 28.7. The van der Waals surface area contributed by atoms with Crippen LogP contribution in [0.15, 0.2) is 30.3 Å². The molecule has 2 aromatic carbocycles. The molecule has 0 saturated carbocycles. The quantitative estimate of drug-likeness (QED) is 0.0912. The molecule has 1 saturated heterocycles. The van der Waals surface area contributed by atoms with E-state index in [4.69, 9.17) is 14.2 Å². The lowest BCUT2D eigenvalue weighted by Gasteiger charge is -2.33. The summed E-state index contributed by atoms with van der Waals surface area (Å²) >= 11 is 0. The number of aliphatic hydroxyl groups is 1. The summed E-state index contributed by atoms with van der Waals surface area (Å²) in [5, 5.41) is 12.8. The van der Waals surface area contributed by atoms with E-state index in [2.05, 4.69) is 5.32 Å². The summed E-state index contributed by atoms with van der Waals surface area (Å²) in [4.78, 5) is 27.1. The number of hydrogen-bond acceptors (Lipinski definition) is 6. The second-order valence-electron chi connectivity index (χ2n) is 13.1. The molecule has 2 aliphatic rings. The van der Waals surface area contributed by atoms with Crippen molar-refractivity contribution in [3.63, 3.8) is 0 Å². The van der Waals surface area contributed by atoms with E-state index in [0.29, 0.717) is 55.0 Å². The fourth-order valence-corrected chi connectivity index (χ4v) is 6.46. The van der Waals surface area contributed by atoms with Gasteiger partial charge in [-0.2, -0.15) is 26.3 Å². The smallest absolute Gasteiger partial charge is 0.430 e. The Bertz CT molecular complexity index is 1460. The number of rotatable bonds is 18. The average molecular weight is 717 g/mol. The topological polar surface area (TPSA) is 97.3 Å². The Balaban J connectivity index is 1.20. The molecule has 2 N–H and O–H groups in total. The highest BCUT2D eigenvalue weighted by Crippen LogP contribution is 2.51. The van der Waals surface area contributed by atoms with Crippen LogP contribution >= 0.6 is 0 Å². The predicted octanol–water partition coefficient (Wildman–Crippen LogP) is 8.60. The van der Waals surface area contributed by atoms with Crippen molar-refractivity contribution < 1.29 is 55.2 Å². The number of nitrogens with one attached hydrogen (secondary N) is 1. The van der Waals surface area contributed by atoms with Crippen LogP contribution in [0.25, 0.3) is 0 Å². The summed E-state index contributed by atoms with van der Waals surface area (Å²) in [5.74, 6) is 1.11. The van der Waals surface area contributed by atoms with Crippen LogP contribution in [0.2, 0.25) is 0 Å². The fraction of sp³-hybridized carbons (Fsp3) is 0.611. The Morgan fingerprint density at radius 3 is 1.92 bits per heavy atom. The van der Waals surface area contributed by atoms with Gasteiger partial charge in [-0.3, -0.25) is 9.69 Å². The van der Waals surface area contributed by atoms with E-state index < -0.39 is 35.1 Å². The van der Waals surface area contributed by atoms with Crippen LogP contribution in [0.4, 0.5) is 31.1 Å². The lowest BCUT2D eigenvalue weighted by atomic mass is 9.87. The first-order chi connectivity index (χ1) is 23.6. The van der Waals surface area contributed by atoms with Gasteiger partial charge in [-0.1, -0.05) is 71.3 Å². The second kappa shape index (κ2) is 16.1. The van der Waals surface area contributed by atoms with E-state index in [0.717, 1.165) is 50.7 Å². The minimum Gasteiger partial charge on any atom is -0.493 e. The molecular weight excluding hydrogens is 670 g/mol. The highest BCUT2D eigenvalue weighted by molar-refractivity contribution is 6.07. The molecule has 0 bridgehead atoms. The molecule has 50 heavy (non-hydrogen) atoms. The van der Waals surface area contributed by atoms with Crippen LogP contribution in [0.1, 0.15) is 107 Å². The summed E-state index contributed by atoms with van der Waals surface area (Å²) < 4.78 is 98.5. The van der Waals surface area contributed by atoms with E-state index in [-0.39, 0.29) is 43.3 Å². The van der Waals surface area contributed by atoms with Gasteiger partial charge in [-0.15, -0.1) is 0 Å². The maximum Gasteiger partial charge on any atom is 0.430 e. The first-order valence-electron chi connectivity index (χ1n) is 17.3. The van der Waals surface area contributed by atoms with Gasteiger partial charge in [-0.25, -0.2) is 4.79 Å². The zero-order valence-electron chi connectivity index (χ0n) is 28.7. The first kappa shape index (κ1) is 39.1. The van der Waals surface area contributed by atoms with Crippen LogP contribution in [0.3, 0.4) is 0 Å². The minimum absolute atomic E-state index is 0.108. The molecule has 0 aliphatic carbocycles. The molecule has 8 nitrogen and oxygen atoms in total. The summed E-state index contributed by atoms with van der Waals surface area (Å²) in [6.07, 6.45) is -3.85. The Labute approximate surface area is 288 Å². The molecule has 1 fully saturated rings. The van der Waals surface area contributed by atoms with Gasteiger partial charge in [0.2, 0.25) is 6.79 Å². The normalized spacial score (nSPS) is 17.8. The highest BCUT2D eigenvalue weighted by Gasteiger charge is 2.71. The van der Waals surface area contributed by atoms with Gasteiger partial charge in [0, 0.05) is 12.1 Å². The lowest BCUT2D eigenvalue weighted by molar-refractivity contribution is -0.376. The summed E-state index contributed by atoms with van der Waals surface area (Å²) in [6, 6.07) is 6.31. The van der Waals surface area contributed by atoms with E-state index >= 15 is 0 Å². The largest absolute Gasteiger partial charge is 0.493 e. The van der Waals surface area contributed by atoms with Gasteiger partial charge >= 0.3 is 18.4 Å². The van der Waals surface area contributed by atoms with Crippen LogP contribution in [-0.2, 0) is 28.8 Å². The first-order valence-corrected chi connectivity index (χ1v) is 17.3. The fourth-order valence-electron chi connectivity index (χ4n) is 6.46. The van der Waals surface area contributed by atoms with Crippen molar-refractivity contribution in [2.45, 2.75) is 121 Å². The maximum atomic E-state index is 13.6. The Kier molecular flexibility index (Phi) is 12.6. The van der Waals surface area contributed by atoms with E-state index in [1.165, 1.54) is 4.90 Å². The van der Waals surface area contributed by atoms with Crippen molar-refractivity contribution >= 4 is 11.9 Å². The number of nitrogens with zero attached hydrogens (tertiary/aromatic N) is 1. The predicted molar refractivity (Wildman–Crippen MR) is 173 cm³/mol. The van der Waals surface area contributed by atoms with Crippen molar-refractivity contribution in [1.29, 1.82) is 0 Å². The third-order valence-electron chi connectivity index (χ3n) is 9.27. The van der Waals surface area contributed by atoms with Crippen molar-refractivity contribution in [2.75, 3.05) is 19.9 Å². The molecule has 278 valence electrons. The van der Waals surface area contributed by atoms with Gasteiger partial charge in [-0.05, 0) is 73.6 Å². The molecule has 1 atom stereocenters. The van der Waals surface area contributed by atoms with Crippen LogP contribution in [-0.4, -0.2) is 54.2 Å². The molecule has 2 heterocycles. The van der Waals surface area contributed by atoms with Crippen LogP contribution in [0.5, 0.6) is 17.2 Å². The van der Waals surface area contributed by atoms with E-state index in [1.807, 2.05) is 0 Å². The van der Waals surface area contributed by atoms with E-state index in [1.54, 1.807) is 39.0 Å². The number of carbonyl (C=O) groups excluding carboxylic acids is 2. The van der Waals surface area contributed by atoms with Gasteiger partial charge < -0.3 is 24.6 Å². The van der Waals surface area contributed by atoms with Crippen molar-refractivity contribution in [1.82, 2.24) is 10.2 Å². The van der Waals surface area contributed by atoms with Crippen molar-refractivity contribution in [3.05, 3.63) is 52.6 Å². The number of fused-ring (bicyclic) bond motifs is 1. The third kappa shape index (κ3) is 8.26. The van der Waals surface area contributed by atoms with Crippen LogP contribution < -0.4 is 19.5 Å². The molecule has 2 aliphatic heterocycles. The summed E-state index contributed by atoms with van der Waals surface area (Å²) in [5.41, 5.74) is -6.37. The number of urea groups is 1. The lowest BCUT2D eigenvalue weighted by Crippen LogP contribution is -2.54.